The van der Waals surface area contributed by atoms with Crippen LogP contribution in [0.3, 0.4) is 0 Å². The molecule has 1 saturated heterocycles. The molecule has 2 heterocycles. The van der Waals surface area contributed by atoms with Crippen LogP contribution in [-0.4, -0.2) is 27.8 Å². The Morgan fingerprint density at radius 2 is 2.12 bits per heavy atom. The molecule has 5 nitrogen and oxygen atoms in total. The predicted octanol–water partition coefficient (Wildman–Crippen LogP) is 4.06. The van der Waals surface area contributed by atoms with Crippen LogP contribution in [0.4, 0.5) is 4.39 Å². The topological polar surface area (TPSA) is 64.4 Å². The van der Waals surface area contributed by atoms with Gasteiger partial charge in [0.25, 0.3) is 0 Å². The molecule has 1 aliphatic rings. The summed E-state index contributed by atoms with van der Waals surface area (Å²) in [5, 5.41) is 15.1. The van der Waals surface area contributed by atoms with Gasteiger partial charge in [0, 0.05) is 23.6 Å². The number of hydrogen-bond donors (Lipinski definition) is 1. The quantitative estimate of drug-likeness (QED) is 0.730. The Hall–Kier alpha value is -2.73. The lowest BCUT2D eigenvalue weighted by molar-refractivity contribution is -0.0367. The van der Waals surface area contributed by atoms with Gasteiger partial charge in [-0.25, -0.2) is 9.07 Å². The Bertz CT molecular complexity index is 945. The van der Waals surface area contributed by atoms with Crippen molar-refractivity contribution in [2.75, 3.05) is 6.61 Å². The third kappa shape index (κ3) is 2.78. The first-order valence-corrected chi connectivity index (χ1v) is 8.25. The number of rotatable bonds is 3. The van der Waals surface area contributed by atoms with E-state index >= 15 is 0 Å². The highest BCUT2D eigenvalue weighted by Crippen LogP contribution is 2.34. The fraction of sp³-hybridized carbons (Fsp3) is 0.263. The summed E-state index contributed by atoms with van der Waals surface area (Å²) < 4.78 is 20.7. The maximum absolute atomic E-state index is 13.2. The molecule has 4 rings (SSSR count). The second-order valence-corrected chi connectivity index (χ2v) is 6.16. The first kappa shape index (κ1) is 15.8. The third-order valence-corrected chi connectivity index (χ3v) is 4.55. The first-order chi connectivity index (χ1) is 12.2. The van der Waals surface area contributed by atoms with Crippen LogP contribution in [0.25, 0.3) is 22.0 Å². The van der Waals surface area contributed by atoms with Gasteiger partial charge in [0.1, 0.15) is 17.3 Å². The van der Waals surface area contributed by atoms with Crippen LogP contribution in [0.5, 0.6) is 5.75 Å². The van der Waals surface area contributed by atoms with Crippen molar-refractivity contribution in [3.63, 3.8) is 0 Å². The Balaban J connectivity index is 1.84. The first-order valence-electron chi connectivity index (χ1n) is 8.25. The smallest absolute Gasteiger partial charge is 0.170 e. The van der Waals surface area contributed by atoms with Crippen molar-refractivity contribution in [3.8, 4) is 16.9 Å². The van der Waals surface area contributed by atoms with Crippen LogP contribution in [0, 0.1) is 5.82 Å². The molecule has 128 valence electrons. The zero-order valence-electron chi connectivity index (χ0n) is 13.5. The summed E-state index contributed by atoms with van der Waals surface area (Å²) in [5.41, 5.74) is 2.33. The maximum atomic E-state index is 13.2. The van der Waals surface area contributed by atoms with Gasteiger partial charge in [0.2, 0.25) is 0 Å². The lowest BCUT2D eigenvalue weighted by Gasteiger charge is -2.23. The Morgan fingerprint density at radius 1 is 1.24 bits per heavy atom. The predicted molar refractivity (Wildman–Crippen MR) is 91.0 cm³/mol. The van der Waals surface area contributed by atoms with Crippen molar-refractivity contribution < 1.29 is 19.0 Å². The number of phenolic OH excluding ortho intramolecular Hbond substituents is 1. The molecule has 0 amide bonds. The molecule has 25 heavy (non-hydrogen) atoms. The number of hydrogen-bond acceptors (Lipinski definition) is 4. The van der Waals surface area contributed by atoms with Gasteiger partial charge in [-0.3, -0.25) is 4.79 Å². The second-order valence-electron chi connectivity index (χ2n) is 6.16. The van der Waals surface area contributed by atoms with E-state index in [2.05, 4.69) is 5.10 Å². The minimum atomic E-state index is -0.502. The van der Waals surface area contributed by atoms with E-state index in [9.17, 15) is 14.3 Å². The number of halogens is 1. The molecule has 1 N–H and O–H groups in total. The molecule has 1 aliphatic heterocycles. The molecule has 0 saturated carbocycles. The van der Waals surface area contributed by atoms with Crippen molar-refractivity contribution in [1.29, 1.82) is 0 Å². The van der Waals surface area contributed by atoms with Crippen molar-refractivity contribution in [2.24, 2.45) is 0 Å². The van der Waals surface area contributed by atoms with Gasteiger partial charge in [-0.1, -0.05) is 6.07 Å². The van der Waals surface area contributed by atoms with E-state index in [1.807, 2.05) is 12.1 Å². The summed E-state index contributed by atoms with van der Waals surface area (Å²) in [6.07, 6.45) is 3.50. The molecule has 3 aromatic rings. The van der Waals surface area contributed by atoms with E-state index in [-0.39, 0.29) is 12.0 Å². The normalized spacial score (nSPS) is 17.7. The number of aldehydes is 1. The molecular formula is C19H17FN2O3. The molecule has 0 aliphatic carbocycles. The van der Waals surface area contributed by atoms with Crippen LogP contribution in [0.15, 0.2) is 36.4 Å². The second kappa shape index (κ2) is 6.29. The number of ether oxygens (including phenoxy) is 1. The summed E-state index contributed by atoms with van der Waals surface area (Å²) >= 11 is 0. The van der Waals surface area contributed by atoms with Crippen LogP contribution >= 0.6 is 0 Å². The molecule has 2 aromatic carbocycles. The van der Waals surface area contributed by atoms with Gasteiger partial charge in [-0.15, -0.1) is 0 Å². The number of nitrogens with zero attached hydrogens (tertiary/aromatic N) is 2. The zero-order valence-corrected chi connectivity index (χ0v) is 13.5. The number of carbonyl (C=O) groups excluding carboxylic acids is 1. The number of aromatic nitrogens is 2. The van der Waals surface area contributed by atoms with Crippen LogP contribution < -0.4 is 0 Å². The lowest BCUT2D eigenvalue weighted by atomic mass is 10.0. The fourth-order valence-corrected chi connectivity index (χ4v) is 3.30. The molecular weight excluding hydrogens is 323 g/mol. The minimum absolute atomic E-state index is 0.144. The zero-order chi connectivity index (χ0) is 17.4. The molecule has 0 radical (unpaired) electrons. The fourth-order valence-electron chi connectivity index (χ4n) is 3.30. The van der Waals surface area contributed by atoms with Gasteiger partial charge < -0.3 is 9.84 Å². The highest BCUT2D eigenvalue weighted by molar-refractivity contribution is 5.97. The number of aromatic hydroxyl groups is 1. The summed E-state index contributed by atoms with van der Waals surface area (Å²) in [7, 11) is 0. The number of carbonyl (C=O) groups is 1. The SMILES string of the molecule is O=Cc1nn(C2CCCCO2)c2ccc(-c3ccc(F)cc3O)cc12. The molecule has 6 heteroatoms. The van der Waals surface area contributed by atoms with E-state index in [1.165, 1.54) is 12.1 Å². The van der Waals surface area contributed by atoms with Gasteiger partial charge in [0.05, 0.1) is 5.52 Å². The Morgan fingerprint density at radius 3 is 2.84 bits per heavy atom. The molecule has 0 bridgehead atoms. The van der Waals surface area contributed by atoms with E-state index in [4.69, 9.17) is 4.74 Å². The van der Waals surface area contributed by atoms with Crippen LogP contribution in [-0.2, 0) is 4.74 Å². The minimum Gasteiger partial charge on any atom is -0.507 e. The molecule has 0 spiro atoms. The van der Waals surface area contributed by atoms with Crippen LogP contribution in [0.2, 0.25) is 0 Å². The maximum Gasteiger partial charge on any atom is 0.170 e. The van der Waals surface area contributed by atoms with Gasteiger partial charge in [-0.05, 0) is 49.1 Å². The molecule has 1 atom stereocenters. The largest absolute Gasteiger partial charge is 0.507 e. The Labute approximate surface area is 143 Å². The summed E-state index contributed by atoms with van der Waals surface area (Å²) in [4.78, 5) is 11.5. The van der Waals surface area contributed by atoms with E-state index in [0.717, 1.165) is 37.1 Å². The van der Waals surface area contributed by atoms with Gasteiger partial charge >= 0.3 is 0 Å². The highest BCUT2D eigenvalue weighted by Gasteiger charge is 2.21. The summed E-state index contributed by atoms with van der Waals surface area (Å²) in [6, 6.07) is 9.34. The monoisotopic (exact) mass is 340 g/mol. The number of phenols is 1. The summed E-state index contributed by atoms with van der Waals surface area (Å²) in [6.45, 7) is 0.685. The standard InChI is InChI=1S/C19H17FN2O3/c20-13-5-6-14(18(24)10-13)12-4-7-17-15(9-12)16(11-23)21-22(17)19-3-1-2-8-25-19/h4-7,9-11,19,24H,1-3,8H2. The highest BCUT2D eigenvalue weighted by atomic mass is 19.1. The lowest BCUT2D eigenvalue weighted by Crippen LogP contribution is -2.19. The average molecular weight is 340 g/mol. The van der Waals surface area contributed by atoms with E-state index < -0.39 is 5.82 Å². The van der Waals surface area contributed by atoms with E-state index in [1.54, 1.807) is 10.7 Å². The Kier molecular flexibility index (Phi) is 3.97. The molecule has 1 aromatic heterocycles. The summed E-state index contributed by atoms with van der Waals surface area (Å²) in [5.74, 6) is -0.645. The van der Waals surface area contributed by atoms with Crippen molar-refractivity contribution >= 4 is 17.2 Å². The van der Waals surface area contributed by atoms with E-state index in [0.29, 0.717) is 28.8 Å². The van der Waals surface area contributed by atoms with Gasteiger partial charge in [0.15, 0.2) is 12.5 Å². The average Bonchev–Trinajstić information content (AvgIpc) is 3.00. The van der Waals surface area contributed by atoms with Crippen molar-refractivity contribution in [3.05, 3.63) is 47.9 Å². The van der Waals surface area contributed by atoms with Gasteiger partial charge in [-0.2, -0.15) is 5.10 Å². The number of fused-ring (bicyclic) bond motifs is 1. The van der Waals surface area contributed by atoms with Crippen molar-refractivity contribution in [2.45, 2.75) is 25.5 Å². The molecule has 1 unspecified atom stereocenters. The van der Waals surface area contributed by atoms with Crippen LogP contribution in [0.1, 0.15) is 36.0 Å². The third-order valence-electron chi connectivity index (χ3n) is 4.55. The number of benzene rings is 2. The molecule has 1 fully saturated rings. The van der Waals surface area contributed by atoms with Crippen molar-refractivity contribution in [1.82, 2.24) is 9.78 Å².